The van der Waals surface area contributed by atoms with E-state index in [-0.39, 0.29) is 21.8 Å². The van der Waals surface area contributed by atoms with Crippen molar-refractivity contribution in [3.63, 3.8) is 0 Å². The SMILES string of the molecule is CC1(C)CC(C)(C)c2cc(NC(=O)Nc3ccc(C(=O)O)cc3)ccc2S1. The summed E-state index contributed by atoms with van der Waals surface area (Å²) in [5.74, 6) is -0.997. The summed E-state index contributed by atoms with van der Waals surface area (Å²) in [5, 5.41) is 14.5. The van der Waals surface area contributed by atoms with E-state index < -0.39 is 5.97 Å². The van der Waals surface area contributed by atoms with Gasteiger partial charge in [-0.1, -0.05) is 27.7 Å². The Kier molecular flexibility index (Phi) is 4.95. The van der Waals surface area contributed by atoms with Gasteiger partial charge in [-0.2, -0.15) is 0 Å². The smallest absolute Gasteiger partial charge is 0.335 e. The summed E-state index contributed by atoms with van der Waals surface area (Å²) in [6, 6.07) is 11.7. The second kappa shape index (κ2) is 6.93. The minimum absolute atomic E-state index is 0.0327. The summed E-state index contributed by atoms with van der Waals surface area (Å²) in [7, 11) is 0. The number of anilines is 2. The van der Waals surface area contributed by atoms with Crippen LogP contribution in [-0.2, 0) is 5.41 Å². The molecule has 3 rings (SSSR count). The molecule has 0 saturated heterocycles. The van der Waals surface area contributed by atoms with Crippen LogP contribution in [0.25, 0.3) is 0 Å². The van der Waals surface area contributed by atoms with Gasteiger partial charge in [0.1, 0.15) is 0 Å². The molecule has 1 aliphatic heterocycles. The fourth-order valence-corrected chi connectivity index (χ4v) is 5.32. The monoisotopic (exact) mass is 384 g/mol. The van der Waals surface area contributed by atoms with Gasteiger partial charge in [0, 0.05) is 21.0 Å². The van der Waals surface area contributed by atoms with Gasteiger partial charge >= 0.3 is 12.0 Å². The Morgan fingerprint density at radius 1 is 0.963 bits per heavy atom. The highest BCUT2D eigenvalue weighted by molar-refractivity contribution is 8.00. The van der Waals surface area contributed by atoms with Gasteiger partial charge in [0.25, 0.3) is 0 Å². The van der Waals surface area contributed by atoms with Gasteiger partial charge in [-0.3, -0.25) is 0 Å². The molecular formula is C21H24N2O3S. The van der Waals surface area contributed by atoms with Gasteiger partial charge in [-0.25, -0.2) is 9.59 Å². The molecule has 142 valence electrons. The number of urea groups is 1. The number of carboxylic acid groups (broad SMARTS) is 1. The van der Waals surface area contributed by atoms with Crippen molar-refractivity contribution in [2.24, 2.45) is 0 Å². The van der Waals surface area contributed by atoms with Gasteiger partial charge in [0.15, 0.2) is 0 Å². The highest BCUT2D eigenvalue weighted by Gasteiger charge is 2.38. The number of hydrogen-bond acceptors (Lipinski definition) is 3. The normalized spacial score (nSPS) is 16.9. The highest BCUT2D eigenvalue weighted by atomic mass is 32.2. The van der Waals surface area contributed by atoms with Crippen LogP contribution >= 0.6 is 11.8 Å². The first-order valence-corrected chi connectivity index (χ1v) is 9.62. The zero-order valence-electron chi connectivity index (χ0n) is 15.9. The van der Waals surface area contributed by atoms with Crippen molar-refractivity contribution >= 4 is 35.1 Å². The van der Waals surface area contributed by atoms with Crippen LogP contribution < -0.4 is 10.6 Å². The second-order valence-corrected chi connectivity index (χ2v) is 9.84. The molecule has 6 heteroatoms. The zero-order valence-corrected chi connectivity index (χ0v) is 16.7. The average Bonchev–Trinajstić information content (AvgIpc) is 2.54. The Hall–Kier alpha value is -2.47. The lowest BCUT2D eigenvalue weighted by molar-refractivity contribution is 0.0697. The van der Waals surface area contributed by atoms with Gasteiger partial charge in [-0.05, 0) is 59.9 Å². The molecule has 1 aliphatic rings. The Balaban J connectivity index is 1.73. The molecule has 0 radical (unpaired) electrons. The third-order valence-corrected chi connectivity index (χ3v) is 5.88. The Bertz CT molecular complexity index is 889. The first kappa shape index (κ1) is 19.3. The summed E-state index contributed by atoms with van der Waals surface area (Å²) in [6.07, 6.45) is 1.06. The fourth-order valence-electron chi connectivity index (χ4n) is 3.71. The molecule has 27 heavy (non-hydrogen) atoms. The molecule has 5 nitrogen and oxygen atoms in total. The van der Waals surface area contributed by atoms with Crippen molar-refractivity contribution in [2.75, 3.05) is 10.6 Å². The van der Waals surface area contributed by atoms with E-state index in [1.54, 1.807) is 12.1 Å². The predicted molar refractivity (Wildman–Crippen MR) is 110 cm³/mol. The minimum Gasteiger partial charge on any atom is -0.478 e. The van der Waals surface area contributed by atoms with Crippen molar-refractivity contribution in [3.05, 3.63) is 53.6 Å². The number of carbonyl (C=O) groups is 2. The molecule has 0 saturated carbocycles. The van der Waals surface area contributed by atoms with Crippen molar-refractivity contribution in [3.8, 4) is 0 Å². The summed E-state index contributed by atoms with van der Waals surface area (Å²) in [5.41, 5.74) is 2.73. The maximum atomic E-state index is 12.3. The fraction of sp³-hybridized carbons (Fsp3) is 0.333. The maximum absolute atomic E-state index is 12.3. The minimum atomic E-state index is -0.997. The zero-order chi connectivity index (χ0) is 19.8. The molecule has 0 aliphatic carbocycles. The quantitative estimate of drug-likeness (QED) is 0.645. The number of thioether (sulfide) groups is 1. The topological polar surface area (TPSA) is 78.4 Å². The van der Waals surface area contributed by atoms with Crippen LogP contribution in [0.4, 0.5) is 16.2 Å². The van der Waals surface area contributed by atoms with Crippen LogP contribution in [-0.4, -0.2) is 21.9 Å². The third kappa shape index (κ3) is 4.45. The van der Waals surface area contributed by atoms with Crippen molar-refractivity contribution < 1.29 is 14.7 Å². The number of aromatic carboxylic acids is 1. The average molecular weight is 385 g/mol. The van der Waals surface area contributed by atoms with Gasteiger partial charge < -0.3 is 15.7 Å². The van der Waals surface area contributed by atoms with E-state index in [9.17, 15) is 9.59 Å². The van der Waals surface area contributed by atoms with Crippen LogP contribution in [0.1, 0.15) is 50.0 Å². The third-order valence-electron chi connectivity index (χ3n) is 4.61. The number of carbonyl (C=O) groups excluding carboxylic acids is 1. The van der Waals surface area contributed by atoms with Gasteiger partial charge in [0.05, 0.1) is 5.56 Å². The maximum Gasteiger partial charge on any atom is 0.335 e. The standard InChI is InChI=1S/C21H24N2O3S/c1-20(2)12-21(3,4)27-17-10-9-15(11-16(17)20)23-19(26)22-14-7-5-13(6-8-14)18(24)25/h5-11H,12H2,1-4H3,(H,24,25)(H2,22,23,26). The van der Waals surface area contributed by atoms with E-state index in [0.717, 1.165) is 12.1 Å². The summed E-state index contributed by atoms with van der Waals surface area (Å²) in [6.45, 7) is 9.00. The lowest BCUT2D eigenvalue weighted by Crippen LogP contribution is -2.33. The highest BCUT2D eigenvalue weighted by Crippen LogP contribution is 2.51. The lowest BCUT2D eigenvalue weighted by Gasteiger charge is -2.41. The number of fused-ring (bicyclic) bond motifs is 1. The van der Waals surface area contributed by atoms with Crippen LogP contribution in [0, 0.1) is 0 Å². The number of amides is 2. The van der Waals surface area contributed by atoms with Crippen molar-refractivity contribution in [2.45, 2.75) is 49.2 Å². The van der Waals surface area contributed by atoms with E-state index in [0.29, 0.717) is 5.69 Å². The van der Waals surface area contributed by atoms with Crippen molar-refractivity contribution in [1.29, 1.82) is 0 Å². The van der Waals surface area contributed by atoms with Crippen LogP contribution in [0.15, 0.2) is 47.4 Å². The summed E-state index contributed by atoms with van der Waals surface area (Å²) >= 11 is 1.87. The second-order valence-electron chi connectivity index (χ2n) is 8.09. The molecule has 3 N–H and O–H groups in total. The van der Waals surface area contributed by atoms with Crippen LogP contribution in [0.5, 0.6) is 0 Å². The number of hydrogen-bond donors (Lipinski definition) is 3. The number of rotatable bonds is 3. The van der Waals surface area contributed by atoms with Crippen LogP contribution in [0.2, 0.25) is 0 Å². The largest absolute Gasteiger partial charge is 0.478 e. The number of nitrogens with one attached hydrogen (secondary N) is 2. The first-order valence-electron chi connectivity index (χ1n) is 8.81. The first-order chi connectivity index (χ1) is 12.6. The number of benzene rings is 2. The molecule has 2 amide bonds. The molecule has 1 heterocycles. The van der Waals surface area contributed by atoms with Gasteiger partial charge in [-0.15, -0.1) is 11.8 Å². The van der Waals surface area contributed by atoms with Crippen LogP contribution in [0.3, 0.4) is 0 Å². The van der Waals surface area contributed by atoms with E-state index in [2.05, 4.69) is 44.4 Å². The summed E-state index contributed by atoms with van der Waals surface area (Å²) in [4.78, 5) is 24.4. The van der Waals surface area contributed by atoms with E-state index in [1.165, 1.54) is 22.6 Å². The van der Waals surface area contributed by atoms with E-state index >= 15 is 0 Å². The molecule has 0 spiro atoms. The molecule has 0 unspecified atom stereocenters. The van der Waals surface area contributed by atoms with Crippen molar-refractivity contribution in [1.82, 2.24) is 0 Å². The lowest BCUT2D eigenvalue weighted by atomic mass is 9.77. The molecule has 0 fully saturated rings. The molecular weight excluding hydrogens is 360 g/mol. The predicted octanol–water partition coefficient (Wildman–Crippen LogP) is 5.58. The molecule has 2 aromatic rings. The van der Waals surface area contributed by atoms with E-state index in [4.69, 9.17) is 5.11 Å². The van der Waals surface area contributed by atoms with E-state index in [1.807, 2.05) is 23.9 Å². The molecule has 2 aromatic carbocycles. The molecule has 0 atom stereocenters. The Morgan fingerprint density at radius 2 is 1.56 bits per heavy atom. The molecule has 0 bridgehead atoms. The summed E-state index contributed by atoms with van der Waals surface area (Å²) < 4.78 is 0.185. The Labute approximate surface area is 163 Å². The Morgan fingerprint density at radius 3 is 2.19 bits per heavy atom. The number of carboxylic acids is 1. The van der Waals surface area contributed by atoms with Gasteiger partial charge in [0.2, 0.25) is 0 Å². The molecule has 0 aromatic heterocycles.